The predicted molar refractivity (Wildman–Crippen MR) is 104 cm³/mol. The molecule has 1 N–H and O–H groups in total. The normalized spacial score (nSPS) is 20.9. The lowest BCUT2D eigenvalue weighted by Gasteiger charge is -2.31. The zero-order valence-electron chi connectivity index (χ0n) is 16.1. The van der Waals surface area contributed by atoms with Gasteiger partial charge in [0, 0.05) is 49.5 Å². The molecule has 0 aliphatic carbocycles. The lowest BCUT2D eigenvalue weighted by atomic mass is 9.94. The van der Waals surface area contributed by atoms with E-state index in [1.165, 1.54) is 16.8 Å². The first-order valence-electron chi connectivity index (χ1n) is 9.87. The number of rotatable bonds is 3. The molecule has 0 bridgehead atoms. The molecule has 0 spiro atoms. The summed E-state index contributed by atoms with van der Waals surface area (Å²) in [7, 11) is 0. The lowest BCUT2D eigenvalue weighted by Crippen LogP contribution is -2.41. The molecule has 0 radical (unpaired) electrons. The molecule has 1 fully saturated rings. The summed E-state index contributed by atoms with van der Waals surface area (Å²) < 4.78 is 21.4. The van der Waals surface area contributed by atoms with Gasteiger partial charge in [-0.15, -0.1) is 0 Å². The third kappa shape index (κ3) is 3.30. The van der Waals surface area contributed by atoms with Gasteiger partial charge in [0.05, 0.1) is 23.9 Å². The third-order valence-corrected chi connectivity index (χ3v) is 5.71. The van der Waals surface area contributed by atoms with Gasteiger partial charge in [-0.05, 0) is 18.6 Å². The van der Waals surface area contributed by atoms with E-state index in [1.54, 1.807) is 35.5 Å². The number of hydrogen-bond acceptors (Lipinski definition) is 5. The lowest BCUT2D eigenvalue weighted by molar-refractivity contribution is -0.138. The van der Waals surface area contributed by atoms with E-state index in [-0.39, 0.29) is 23.2 Å². The number of ether oxygens (including phenoxy) is 1. The second-order valence-corrected chi connectivity index (χ2v) is 7.57. The fourth-order valence-electron chi connectivity index (χ4n) is 4.19. The van der Waals surface area contributed by atoms with Crippen LogP contribution >= 0.6 is 0 Å². The molecule has 2 atom stereocenters. The molecule has 0 saturated carbocycles. The van der Waals surface area contributed by atoms with Crippen molar-refractivity contribution in [1.29, 1.82) is 0 Å². The van der Waals surface area contributed by atoms with E-state index in [2.05, 4.69) is 15.3 Å². The van der Waals surface area contributed by atoms with Crippen LogP contribution in [0.3, 0.4) is 0 Å². The number of nitrogens with zero attached hydrogens (tertiary/aromatic N) is 4. The fraction of sp³-hybridized carbons (Fsp3) is 0.333. The van der Waals surface area contributed by atoms with E-state index < -0.39 is 6.10 Å². The van der Waals surface area contributed by atoms with Crippen LogP contribution in [-0.2, 0) is 22.5 Å². The minimum atomic E-state index is -0.434. The third-order valence-electron chi connectivity index (χ3n) is 5.71. The van der Waals surface area contributed by atoms with Gasteiger partial charge in [-0.25, -0.2) is 14.2 Å². The van der Waals surface area contributed by atoms with Crippen molar-refractivity contribution in [3.63, 3.8) is 0 Å². The number of halogens is 1. The number of carbonyl (C=O) groups is 1. The molecular weight excluding hydrogens is 389 g/mol. The van der Waals surface area contributed by atoms with Gasteiger partial charge in [-0.2, -0.15) is 10.2 Å². The highest BCUT2D eigenvalue weighted by Gasteiger charge is 2.39. The van der Waals surface area contributed by atoms with Crippen molar-refractivity contribution in [2.45, 2.75) is 25.5 Å². The minimum absolute atomic E-state index is 0.0120. The Morgan fingerprint density at radius 1 is 1.30 bits per heavy atom. The number of aromatic amines is 1. The van der Waals surface area contributed by atoms with Crippen LogP contribution in [0.25, 0.3) is 5.69 Å². The van der Waals surface area contributed by atoms with E-state index in [4.69, 9.17) is 4.74 Å². The van der Waals surface area contributed by atoms with Gasteiger partial charge in [0.2, 0.25) is 5.91 Å². The number of fused-ring (bicyclic) bond motifs is 1. The highest BCUT2D eigenvalue weighted by Crippen LogP contribution is 2.36. The quantitative estimate of drug-likeness (QED) is 0.712. The van der Waals surface area contributed by atoms with Crippen LogP contribution in [0.4, 0.5) is 4.39 Å². The molecule has 1 aromatic carbocycles. The van der Waals surface area contributed by atoms with E-state index in [0.29, 0.717) is 38.2 Å². The summed E-state index contributed by atoms with van der Waals surface area (Å²) >= 11 is 0. The average Bonchev–Trinajstić information content (AvgIpc) is 3.42. The molecule has 1 amide bonds. The SMILES string of the molecule is O=C([C@H]1CCO[C@@H]1c1cnn(-c2ccccc2F)c1)N1CCc2n[nH]c(=O)cc2C1. The number of para-hydroxylation sites is 1. The van der Waals surface area contributed by atoms with Gasteiger partial charge >= 0.3 is 0 Å². The minimum Gasteiger partial charge on any atom is -0.373 e. The molecule has 9 heteroatoms. The number of benzene rings is 1. The molecule has 3 aromatic rings. The van der Waals surface area contributed by atoms with Crippen molar-refractivity contribution in [3.8, 4) is 5.69 Å². The van der Waals surface area contributed by atoms with Crippen LogP contribution in [0.5, 0.6) is 0 Å². The van der Waals surface area contributed by atoms with Crippen molar-refractivity contribution < 1.29 is 13.9 Å². The second-order valence-electron chi connectivity index (χ2n) is 7.57. The van der Waals surface area contributed by atoms with Crippen molar-refractivity contribution >= 4 is 5.91 Å². The Hall–Kier alpha value is -3.33. The molecule has 2 aliphatic rings. The Balaban J connectivity index is 1.36. The molecule has 0 unspecified atom stereocenters. The van der Waals surface area contributed by atoms with Gasteiger partial charge < -0.3 is 9.64 Å². The van der Waals surface area contributed by atoms with Crippen LogP contribution in [0, 0.1) is 11.7 Å². The zero-order chi connectivity index (χ0) is 20.7. The highest BCUT2D eigenvalue weighted by molar-refractivity contribution is 5.80. The summed E-state index contributed by atoms with van der Waals surface area (Å²) in [6.07, 6.45) is 4.10. The molecule has 4 heterocycles. The van der Waals surface area contributed by atoms with Crippen molar-refractivity contribution in [3.05, 3.63) is 75.7 Å². The van der Waals surface area contributed by atoms with E-state index >= 15 is 0 Å². The van der Waals surface area contributed by atoms with Gasteiger partial charge in [0.25, 0.3) is 5.56 Å². The Bertz CT molecular complexity index is 1160. The molecule has 5 rings (SSSR count). The zero-order valence-corrected chi connectivity index (χ0v) is 16.1. The fourth-order valence-corrected chi connectivity index (χ4v) is 4.19. The maximum atomic E-state index is 14.1. The van der Waals surface area contributed by atoms with Gasteiger partial charge in [-0.3, -0.25) is 9.59 Å². The summed E-state index contributed by atoms with van der Waals surface area (Å²) in [5.74, 6) is -0.732. The van der Waals surface area contributed by atoms with Crippen LogP contribution in [0.1, 0.15) is 29.3 Å². The van der Waals surface area contributed by atoms with Crippen molar-refractivity contribution in [2.24, 2.45) is 5.92 Å². The maximum Gasteiger partial charge on any atom is 0.264 e. The first-order valence-corrected chi connectivity index (χ1v) is 9.87. The number of amides is 1. The number of carbonyl (C=O) groups excluding carboxylic acids is 1. The topological polar surface area (TPSA) is 93.1 Å². The van der Waals surface area contributed by atoms with Gasteiger partial charge in [0.1, 0.15) is 11.5 Å². The number of H-pyrrole nitrogens is 1. The number of hydrogen-bond donors (Lipinski definition) is 1. The van der Waals surface area contributed by atoms with Crippen LogP contribution in [0.2, 0.25) is 0 Å². The van der Waals surface area contributed by atoms with E-state index in [0.717, 1.165) is 16.8 Å². The maximum absolute atomic E-state index is 14.1. The molecule has 2 aliphatic heterocycles. The van der Waals surface area contributed by atoms with Crippen LogP contribution in [0.15, 0.2) is 47.5 Å². The Morgan fingerprint density at radius 3 is 3.03 bits per heavy atom. The molecule has 1 saturated heterocycles. The smallest absolute Gasteiger partial charge is 0.264 e. The monoisotopic (exact) mass is 409 g/mol. The van der Waals surface area contributed by atoms with Crippen LogP contribution in [-0.4, -0.2) is 43.9 Å². The summed E-state index contributed by atoms with van der Waals surface area (Å²) in [5.41, 5.74) is 2.41. The Morgan fingerprint density at radius 2 is 2.17 bits per heavy atom. The molecule has 8 nitrogen and oxygen atoms in total. The molecule has 154 valence electrons. The molecular formula is C21H20FN5O3. The van der Waals surface area contributed by atoms with Gasteiger partial charge in [-0.1, -0.05) is 12.1 Å². The van der Waals surface area contributed by atoms with Crippen LogP contribution < -0.4 is 5.56 Å². The van der Waals surface area contributed by atoms with E-state index in [9.17, 15) is 14.0 Å². The summed E-state index contributed by atoms with van der Waals surface area (Å²) in [5, 5.41) is 10.8. The molecule has 30 heavy (non-hydrogen) atoms. The summed E-state index contributed by atoms with van der Waals surface area (Å²) in [6, 6.07) is 7.89. The predicted octanol–water partition coefficient (Wildman–Crippen LogP) is 1.76. The Labute approximate surface area is 171 Å². The average molecular weight is 409 g/mol. The van der Waals surface area contributed by atoms with Gasteiger partial charge in [0.15, 0.2) is 0 Å². The van der Waals surface area contributed by atoms with Crippen molar-refractivity contribution in [1.82, 2.24) is 24.9 Å². The van der Waals surface area contributed by atoms with Crippen molar-refractivity contribution in [2.75, 3.05) is 13.2 Å². The summed E-state index contributed by atoms with van der Waals surface area (Å²) in [6.45, 7) is 1.38. The highest BCUT2D eigenvalue weighted by atomic mass is 19.1. The first kappa shape index (κ1) is 18.7. The Kier molecular flexibility index (Phi) is 4.66. The standard InChI is InChI=1S/C21H20FN5O3/c22-16-3-1-2-4-18(16)27-12-14(10-23-27)20-15(6-8-30-20)21(29)26-7-5-17-13(11-26)9-19(28)25-24-17/h1-4,9-10,12,15,20H,5-8,11H2,(H,25,28)/t15-,20+/m0/s1. The number of aromatic nitrogens is 4. The summed E-state index contributed by atoms with van der Waals surface area (Å²) in [4.78, 5) is 26.6. The number of nitrogens with one attached hydrogen (secondary N) is 1. The van der Waals surface area contributed by atoms with E-state index in [1.807, 2.05) is 0 Å². The second kappa shape index (κ2) is 7.49. The largest absolute Gasteiger partial charge is 0.373 e. The first-order chi connectivity index (χ1) is 14.6. The molecule has 2 aromatic heterocycles.